The summed E-state index contributed by atoms with van der Waals surface area (Å²) in [5.41, 5.74) is 4.14. The van der Waals surface area contributed by atoms with Crippen LogP contribution in [0.4, 0.5) is 11.4 Å². The fourth-order valence-electron chi connectivity index (χ4n) is 3.08. The monoisotopic (exact) mass is 524 g/mol. The molecule has 9 heteroatoms. The van der Waals surface area contributed by atoms with Crippen LogP contribution in [0.2, 0.25) is 0 Å². The van der Waals surface area contributed by atoms with Crippen molar-refractivity contribution in [2.75, 3.05) is 13.2 Å². The molecule has 0 aliphatic heterocycles. The number of ether oxygens (including phenoxy) is 2. The molecule has 0 bridgehead atoms. The number of rotatable bonds is 8. The van der Waals surface area contributed by atoms with Crippen molar-refractivity contribution >= 4 is 23.8 Å². The van der Waals surface area contributed by atoms with Crippen LogP contribution in [-0.4, -0.2) is 36.6 Å². The number of hydrogen-bond donors (Lipinski definition) is 0. The Bertz CT molecular complexity index is 1070. The van der Waals surface area contributed by atoms with E-state index in [0.717, 1.165) is 11.1 Å². The molecule has 8 nitrogen and oxygen atoms in total. The minimum atomic E-state index is -0.212. The van der Waals surface area contributed by atoms with Gasteiger partial charge in [0.25, 0.3) is 0 Å². The molecule has 3 aromatic carbocycles. The van der Waals surface area contributed by atoms with Crippen molar-refractivity contribution in [3.63, 3.8) is 0 Å². The van der Waals surface area contributed by atoms with Crippen LogP contribution in [0.25, 0.3) is 0 Å². The summed E-state index contributed by atoms with van der Waals surface area (Å²) in [6.45, 7) is 8.46. The Morgan fingerprint density at radius 3 is 1.43 bits per heavy atom. The minimum Gasteiger partial charge on any atom is -0.870 e. The second kappa shape index (κ2) is 14.8. The predicted molar refractivity (Wildman–Crippen MR) is 132 cm³/mol. The molecule has 0 heterocycles. The summed E-state index contributed by atoms with van der Waals surface area (Å²) in [5, 5.41) is 25.1. The molecular weight excluding hydrogens is 495 g/mol. The van der Waals surface area contributed by atoms with Gasteiger partial charge in [0.05, 0.1) is 24.6 Å². The second-order valence-corrected chi connectivity index (χ2v) is 7.16. The maximum atomic E-state index is 12.5. The molecule has 0 saturated heterocycles. The topological polar surface area (TPSA) is 152 Å². The first-order valence-corrected chi connectivity index (χ1v) is 10.5. The third-order valence-corrected chi connectivity index (χ3v) is 4.89. The van der Waals surface area contributed by atoms with E-state index >= 15 is 0 Å². The summed E-state index contributed by atoms with van der Waals surface area (Å²) < 4.78 is 10.8. The van der Waals surface area contributed by atoms with Crippen molar-refractivity contribution in [1.82, 2.24) is 0 Å². The summed E-state index contributed by atoms with van der Waals surface area (Å²) in [7, 11) is 0. The number of nitrogens with zero attached hydrogens (tertiary/aromatic N) is 2. The van der Waals surface area contributed by atoms with Crippen LogP contribution in [0.5, 0.6) is 23.0 Å². The Hall–Kier alpha value is -3.39. The van der Waals surface area contributed by atoms with Crippen LogP contribution < -0.4 is 19.7 Å². The van der Waals surface area contributed by atoms with Crippen molar-refractivity contribution in [2.45, 2.75) is 27.7 Å². The van der Waals surface area contributed by atoms with E-state index < -0.39 is 0 Å². The van der Waals surface area contributed by atoms with Gasteiger partial charge in [-0.05, 0) is 74.2 Å². The average molecular weight is 525 g/mol. The van der Waals surface area contributed by atoms with Crippen molar-refractivity contribution in [3.05, 3.63) is 70.8 Å². The van der Waals surface area contributed by atoms with E-state index in [1.54, 1.807) is 36.4 Å². The normalized spacial score (nSPS) is 10.4. The van der Waals surface area contributed by atoms with Gasteiger partial charge >= 0.3 is 16.5 Å². The summed E-state index contributed by atoms with van der Waals surface area (Å²) >= 11 is 0. The number of hydrogen-bond acceptors (Lipinski definition) is 6. The first-order valence-electron chi connectivity index (χ1n) is 10.5. The summed E-state index contributed by atoms with van der Waals surface area (Å²) in [6.07, 6.45) is 3.03. The molecule has 0 saturated carbocycles. The zero-order valence-corrected chi connectivity index (χ0v) is 21.0. The standard InChI is InChI=1S/C26H28N2O4.Ni.2H2O/c1-5-31-23-11-7-9-19(25(23)29)15-27-21-13-17(3)18(4)14-22(21)28-16-20-10-8-12-24(26(20)30)32-6-2;;;/h7-16,29-30H,5-6H2,1-4H3;;2*1H2/q;+2;;/p-2. The van der Waals surface area contributed by atoms with Gasteiger partial charge in [-0.3, -0.25) is 9.98 Å². The molecule has 4 N–H and O–H groups in total. The van der Waals surface area contributed by atoms with Gasteiger partial charge in [0.2, 0.25) is 0 Å². The van der Waals surface area contributed by atoms with E-state index in [4.69, 9.17) is 9.47 Å². The quantitative estimate of drug-likeness (QED) is 0.328. The Morgan fingerprint density at radius 2 is 1.09 bits per heavy atom. The molecule has 0 fully saturated rings. The largest absolute Gasteiger partial charge is 2.00 e. The summed E-state index contributed by atoms with van der Waals surface area (Å²) in [4.78, 5) is 9.05. The van der Waals surface area contributed by atoms with Crippen molar-refractivity contribution < 1.29 is 47.1 Å². The first-order chi connectivity index (χ1) is 15.4. The zero-order chi connectivity index (χ0) is 23.1. The van der Waals surface area contributed by atoms with Crippen molar-refractivity contribution in [3.8, 4) is 23.0 Å². The van der Waals surface area contributed by atoms with Crippen LogP contribution in [0.15, 0.2) is 58.5 Å². The maximum absolute atomic E-state index is 12.5. The maximum Gasteiger partial charge on any atom is 2.00 e. The van der Waals surface area contributed by atoms with Crippen LogP contribution >= 0.6 is 0 Å². The molecule has 0 unspecified atom stereocenters. The molecule has 190 valence electrons. The van der Waals surface area contributed by atoms with E-state index in [9.17, 15) is 10.2 Å². The number of para-hydroxylation sites is 2. The van der Waals surface area contributed by atoms with E-state index in [1.165, 1.54) is 12.4 Å². The Labute approximate surface area is 215 Å². The molecule has 0 aliphatic carbocycles. The molecule has 0 spiro atoms. The molecule has 0 atom stereocenters. The average Bonchev–Trinajstić information content (AvgIpc) is 2.77. The van der Waals surface area contributed by atoms with Gasteiger partial charge < -0.3 is 30.6 Å². The van der Waals surface area contributed by atoms with Crippen LogP contribution in [0, 0.1) is 13.8 Å². The van der Waals surface area contributed by atoms with Crippen molar-refractivity contribution in [2.24, 2.45) is 9.98 Å². The van der Waals surface area contributed by atoms with E-state index in [-0.39, 0.29) is 38.9 Å². The van der Waals surface area contributed by atoms with Gasteiger partial charge in [0.1, 0.15) is 11.5 Å². The SMILES string of the molecule is CCOc1cccc(C=Nc2cc(C)c(C)cc2N=Cc2cccc(OCC)c2[O-])c1[O-].O.O.[Ni+2]. The molecule has 3 rings (SSSR count). The zero-order valence-electron chi connectivity index (χ0n) is 20.0. The number of benzene rings is 3. The van der Waals surface area contributed by atoms with Gasteiger partial charge in [-0.2, -0.15) is 0 Å². The van der Waals surface area contributed by atoms with E-state index in [2.05, 4.69) is 9.98 Å². The molecule has 35 heavy (non-hydrogen) atoms. The second-order valence-electron chi connectivity index (χ2n) is 7.16. The molecule has 0 aliphatic rings. The molecule has 0 radical (unpaired) electrons. The number of aliphatic imine (C=N–C) groups is 2. The third kappa shape index (κ3) is 7.82. The van der Waals surface area contributed by atoms with Crippen molar-refractivity contribution in [1.29, 1.82) is 0 Å². The minimum absolute atomic E-state index is 0. The van der Waals surface area contributed by atoms with E-state index in [1.807, 2.05) is 39.8 Å². The molecule has 0 aromatic heterocycles. The van der Waals surface area contributed by atoms with Gasteiger partial charge in [-0.15, -0.1) is 0 Å². The Kier molecular flexibility index (Phi) is 13.4. The molecule has 3 aromatic rings. The summed E-state index contributed by atoms with van der Waals surface area (Å²) in [5.74, 6) is 0.172. The smallest absolute Gasteiger partial charge is 0.870 e. The Morgan fingerprint density at radius 1 is 0.714 bits per heavy atom. The van der Waals surface area contributed by atoms with Gasteiger partial charge in [-0.25, -0.2) is 0 Å². The Balaban J connectivity index is 0.00000385. The summed E-state index contributed by atoms with van der Waals surface area (Å²) in [6, 6.07) is 14.0. The predicted octanol–water partition coefficient (Wildman–Crippen LogP) is 3.10. The van der Waals surface area contributed by atoms with Gasteiger partial charge in [0, 0.05) is 12.4 Å². The fourth-order valence-corrected chi connectivity index (χ4v) is 3.08. The van der Waals surface area contributed by atoms with Gasteiger partial charge in [-0.1, -0.05) is 35.8 Å². The molecular formula is C26H30N2NiO6. The van der Waals surface area contributed by atoms with Crippen LogP contribution in [-0.2, 0) is 16.5 Å². The van der Waals surface area contributed by atoms with Crippen LogP contribution in [0.1, 0.15) is 36.1 Å². The van der Waals surface area contributed by atoms with E-state index in [0.29, 0.717) is 47.2 Å². The van der Waals surface area contributed by atoms with Gasteiger partial charge in [0.15, 0.2) is 0 Å². The fraction of sp³-hybridized carbons (Fsp3) is 0.231. The number of aryl methyl sites for hydroxylation is 2. The van der Waals surface area contributed by atoms with Crippen LogP contribution in [0.3, 0.4) is 0 Å². The molecule has 0 amide bonds. The first kappa shape index (κ1) is 31.6. The third-order valence-electron chi connectivity index (χ3n) is 4.89.